The molecule has 25 heavy (non-hydrogen) atoms. The predicted molar refractivity (Wildman–Crippen MR) is 105 cm³/mol. The number of rotatable bonds is 5. The molecule has 128 valence electrons. The van der Waals surface area contributed by atoms with E-state index in [0.29, 0.717) is 12.3 Å². The Balaban J connectivity index is 1.65. The molecule has 0 saturated carbocycles. The Labute approximate surface area is 153 Å². The lowest BCUT2D eigenvalue weighted by Gasteiger charge is -2.18. The number of pyridine rings is 1. The number of amides is 1. The maximum atomic E-state index is 12.5. The van der Waals surface area contributed by atoms with E-state index in [4.69, 9.17) is 0 Å². The molecule has 0 aliphatic heterocycles. The van der Waals surface area contributed by atoms with E-state index in [2.05, 4.69) is 43.1 Å². The van der Waals surface area contributed by atoms with Crippen molar-refractivity contribution in [2.24, 2.45) is 0 Å². The maximum Gasteiger partial charge on any atom is 0.233 e. The summed E-state index contributed by atoms with van der Waals surface area (Å²) in [6.45, 7) is 4.79. The van der Waals surface area contributed by atoms with Gasteiger partial charge in [-0.25, -0.2) is 4.98 Å². The molecule has 0 fully saturated rings. The number of carbonyl (C=O) groups excluding carboxylic acids is 1. The van der Waals surface area contributed by atoms with Gasteiger partial charge in [-0.05, 0) is 42.7 Å². The molecule has 3 rings (SSSR count). The second-order valence-corrected chi connectivity index (χ2v) is 7.26. The monoisotopic (exact) mass is 350 g/mol. The number of thioether (sulfide) groups is 1. The molecular formula is C21H22N2OS. The molecule has 0 aliphatic carbocycles. The van der Waals surface area contributed by atoms with Gasteiger partial charge in [0.1, 0.15) is 0 Å². The first-order valence-corrected chi connectivity index (χ1v) is 9.31. The van der Waals surface area contributed by atoms with E-state index in [1.165, 1.54) is 28.5 Å². The summed E-state index contributed by atoms with van der Waals surface area (Å²) < 4.78 is 0. The fourth-order valence-electron chi connectivity index (χ4n) is 2.77. The number of benzene rings is 2. The Bertz CT molecular complexity index is 907. The van der Waals surface area contributed by atoms with E-state index in [9.17, 15) is 4.79 Å². The van der Waals surface area contributed by atoms with Gasteiger partial charge in [0.2, 0.25) is 5.91 Å². The van der Waals surface area contributed by atoms with E-state index < -0.39 is 0 Å². The van der Waals surface area contributed by atoms with Crippen molar-refractivity contribution in [3.8, 4) is 0 Å². The van der Waals surface area contributed by atoms with Crippen molar-refractivity contribution in [3.05, 3.63) is 71.3 Å². The number of carbonyl (C=O) groups is 1. The largest absolute Gasteiger partial charge is 0.341 e. The highest BCUT2D eigenvalue weighted by atomic mass is 32.2. The average molecular weight is 350 g/mol. The van der Waals surface area contributed by atoms with Crippen LogP contribution >= 0.6 is 11.8 Å². The summed E-state index contributed by atoms with van der Waals surface area (Å²) in [4.78, 5) is 18.9. The van der Waals surface area contributed by atoms with E-state index in [0.717, 1.165) is 15.9 Å². The summed E-state index contributed by atoms with van der Waals surface area (Å²) in [6, 6.07) is 18.3. The number of hydrogen-bond donors (Lipinski definition) is 0. The average Bonchev–Trinajstić information content (AvgIpc) is 2.61. The summed E-state index contributed by atoms with van der Waals surface area (Å²) in [5, 5.41) is 2.06. The zero-order valence-electron chi connectivity index (χ0n) is 14.8. The van der Waals surface area contributed by atoms with Gasteiger partial charge < -0.3 is 4.90 Å². The molecule has 0 unspecified atom stereocenters. The number of fused-ring (bicyclic) bond motifs is 1. The second kappa shape index (κ2) is 7.70. The normalized spacial score (nSPS) is 10.8. The molecule has 0 radical (unpaired) electrons. The maximum absolute atomic E-state index is 12.5. The fraction of sp³-hybridized carbons (Fsp3) is 0.238. The number of nitrogens with zero attached hydrogens (tertiary/aromatic N) is 2. The minimum absolute atomic E-state index is 0.112. The van der Waals surface area contributed by atoms with Gasteiger partial charge in [-0.1, -0.05) is 54.2 Å². The van der Waals surface area contributed by atoms with E-state index in [1.54, 1.807) is 4.90 Å². The van der Waals surface area contributed by atoms with Gasteiger partial charge >= 0.3 is 0 Å². The minimum Gasteiger partial charge on any atom is -0.341 e. The molecule has 0 saturated heterocycles. The van der Waals surface area contributed by atoms with E-state index in [1.807, 2.05) is 37.4 Å². The Morgan fingerprint density at radius 3 is 2.56 bits per heavy atom. The molecule has 1 amide bonds. The molecule has 0 aliphatic rings. The Kier molecular flexibility index (Phi) is 5.39. The molecule has 3 aromatic rings. The van der Waals surface area contributed by atoms with Crippen molar-refractivity contribution in [2.45, 2.75) is 25.4 Å². The highest BCUT2D eigenvalue weighted by Crippen LogP contribution is 2.24. The van der Waals surface area contributed by atoms with Crippen LogP contribution < -0.4 is 0 Å². The predicted octanol–water partition coefficient (Wildman–Crippen LogP) is 4.60. The van der Waals surface area contributed by atoms with Gasteiger partial charge in [0.15, 0.2) is 0 Å². The van der Waals surface area contributed by atoms with Crippen LogP contribution in [-0.2, 0) is 11.3 Å². The number of aryl methyl sites for hydroxylation is 2. The number of hydrogen-bond acceptors (Lipinski definition) is 3. The van der Waals surface area contributed by atoms with Crippen LogP contribution in [-0.4, -0.2) is 28.6 Å². The molecule has 1 heterocycles. The Morgan fingerprint density at radius 1 is 1.04 bits per heavy atom. The van der Waals surface area contributed by atoms with Crippen molar-refractivity contribution in [2.75, 3.05) is 12.8 Å². The first kappa shape index (κ1) is 17.5. The smallest absolute Gasteiger partial charge is 0.233 e. The fourth-order valence-corrected chi connectivity index (χ4v) is 3.68. The van der Waals surface area contributed by atoms with Crippen LogP contribution in [0.25, 0.3) is 10.9 Å². The molecule has 3 nitrogen and oxygen atoms in total. The summed E-state index contributed by atoms with van der Waals surface area (Å²) in [6.07, 6.45) is 0. The van der Waals surface area contributed by atoms with Crippen LogP contribution in [0.2, 0.25) is 0 Å². The summed E-state index contributed by atoms with van der Waals surface area (Å²) >= 11 is 1.50. The van der Waals surface area contributed by atoms with Crippen LogP contribution in [0.3, 0.4) is 0 Å². The third-order valence-electron chi connectivity index (χ3n) is 4.34. The van der Waals surface area contributed by atoms with Gasteiger partial charge in [0.25, 0.3) is 0 Å². The van der Waals surface area contributed by atoms with Crippen molar-refractivity contribution in [3.63, 3.8) is 0 Å². The molecule has 0 N–H and O–H groups in total. The van der Waals surface area contributed by atoms with Crippen LogP contribution in [0, 0.1) is 13.8 Å². The lowest BCUT2D eigenvalue weighted by molar-refractivity contribution is -0.127. The minimum atomic E-state index is 0.112. The first-order valence-electron chi connectivity index (χ1n) is 8.32. The molecule has 1 aromatic heterocycles. The zero-order valence-corrected chi connectivity index (χ0v) is 15.6. The van der Waals surface area contributed by atoms with Gasteiger partial charge in [-0.3, -0.25) is 4.79 Å². The number of para-hydroxylation sites is 1. The topological polar surface area (TPSA) is 33.2 Å². The molecule has 0 bridgehead atoms. The van der Waals surface area contributed by atoms with Crippen molar-refractivity contribution in [1.29, 1.82) is 0 Å². The summed E-state index contributed by atoms with van der Waals surface area (Å²) in [5.74, 6) is 0.508. The lowest BCUT2D eigenvalue weighted by atomic mass is 10.1. The van der Waals surface area contributed by atoms with Gasteiger partial charge in [0, 0.05) is 19.0 Å². The molecule has 0 spiro atoms. The molecular weight excluding hydrogens is 328 g/mol. The Hall–Kier alpha value is -2.33. The SMILES string of the molecule is Cc1ccccc1CN(C)C(=O)CSc1cc(C)c2ccccc2n1. The molecule has 2 aromatic carbocycles. The molecule has 4 heteroatoms. The van der Waals surface area contributed by atoms with Crippen LogP contribution in [0.1, 0.15) is 16.7 Å². The summed E-state index contributed by atoms with van der Waals surface area (Å²) in [7, 11) is 1.86. The van der Waals surface area contributed by atoms with Gasteiger partial charge in [-0.15, -0.1) is 0 Å². The molecule has 0 atom stereocenters. The van der Waals surface area contributed by atoms with Crippen LogP contribution in [0.4, 0.5) is 0 Å². The highest BCUT2D eigenvalue weighted by Gasteiger charge is 2.12. The van der Waals surface area contributed by atoms with Gasteiger partial charge in [-0.2, -0.15) is 0 Å². The van der Waals surface area contributed by atoms with Crippen LogP contribution in [0.15, 0.2) is 59.6 Å². The standard InChI is InChI=1S/C21H22N2OS/c1-15-8-4-5-9-17(15)13-23(3)21(24)14-25-20-12-16(2)18-10-6-7-11-19(18)22-20/h4-12H,13-14H2,1-3H3. The van der Waals surface area contributed by atoms with Crippen molar-refractivity contribution >= 4 is 28.6 Å². The third kappa shape index (κ3) is 4.20. The first-order chi connectivity index (χ1) is 12.0. The lowest BCUT2D eigenvalue weighted by Crippen LogP contribution is -2.28. The zero-order chi connectivity index (χ0) is 17.8. The van der Waals surface area contributed by atoms with E-state index >= 15 is 0 Å². The number of aromatic nitrogens is 1. The third-order valence-corrected chi connectivity index (χ3v) is 5.23. The second-order valence-electron chi connectivity index (χ2n) is 6.26. The highest BCUT2D eigenvalue weighted by molar-refractivity contribution is 7.99. The van der Waals surface area contributed by atoms with Gasteiger partial charge in [0.05, 0.1) is 16.3 Å². The summed E-state index contributed by atoms with van der Waals surface area (Å²) in [5.41, 5.74) is 4.56. The van der Waals surface area contributed by atoms with E-state index in [-0.39, 0.29) is 5.91 Å². The van der Waals surface area contributed by atoms with Crippen molar-refractivity contribution < 1.29 is 4.79 Å². The Morgan fingerprint density at radius 2 is 1.76 bits per heavy atom. The van der Waals surface area contributed by atoms with Crippen LogP contribution in [0.5, 0.6) is 0 Å². The van der Waals surface area contributed by atoms with Crippen molar-refractivity contribution in [1.82, 2.24) is 9.88 Å². The quantitative estimate of drug-likeness (QED) is 0.630.